The summed E-state index contributed by atoms with van der Waals surface area (Å²) in [6.07, 6.45) is 1.56. The normalized spacial score (nSPS) is 10.6. The minimum Gasteiger partial charge on any atom is -0.496 e. The standard InChI is InChI=1S/C22H19BrN2O3/c1-27-21-12-11-18(23)13-19(21)22(26)25-24-14-17-9-5-6-10-20(17)28-15-16-7-3-2-4-8-16/h2-14H,15H2,1H3,(H,25,26)/b24-14+. The average molecular weight is 439 g/mol. The van der Waals surface area contributed by atoms with Crippen molar-refractivity contribution in [3.8, 4) is 11.5 Å². The first-order chi connectivity index (χ1) is 13.7. The number of nitrogens with one attached hydrogen (secondary N) is 1. The van der Waals surface area contributed by atoms with E-state index in [1.807, 2.05) is 54.6 Å². The van der Waals surface area contributed by atoms with Crippen LogP contribution in [0.2, 0.25) is 0 Å². The van der Waals surface area contributed by atoms with Crippen LogP contribution >= 0.6 is 15.9 Å². The van der Waals surface area contributed by atoms with E-state index in [2.05, 4.69) is 26.5 Å². The zero-order valence-electron chi connectivity index (χ0n) is 15.3. The minimum absolute atomic E-state index is 0.364. The van der Waals surface area contributed by atoms with E-state index in [0.29, 0.717) is 23.7 Å². The van der Waals surface area contributed by atoms with Crippen molar-refractivity contribution in [1.82, 2.24) is 5.43 Å². The highest BCUT2D eigenvalue weighted by atomic mass is 79.9. The van der Waals surface area contributed by atoms with Crippen LogP contribution in [0.1, 0.15) is 21.5 Å². The fourth-order valence-corrected chi connectivity index (χ4v) is 2.89. The van der Waals surface area contributed by atoms with Crippen LogP contribution in [0.15, 0.2) is 82.4 Å². The summed E-state index contributed by atoms with van der Waals surface area (Å²) in [7, 11) is 1.52. The van der Waals surface area contributed by atoms with Crippen molar-refractivity contribution in [2.24, 2.45) is 5.10 Å². The van der Waals surface area contributed by atoms with E-state index in [1.165, 1.54) is 7.11 Å². The van der Waals surface area contributed by atoms with Gasteiger partial charge in [-0.3, -0.25) is 4.79 Å². The second kappa shape index (κ2) is 9.71. The quantitative estimate of drug-likeness (QED) is 0.425. The number of para-hydroxylation sites is 1. The van der Waals surface area contributed by atoms with Crippen molar-refractivity contribution in [2.45, 2.75) is 6.61 Å². The molecule has 0 aliphatic rings. The molecule has 3 aromatic rings. The Labute approximate surface area is 172 Å². The first-order valence-electron chi connectivity index (χ1n) is 8.60. The molecule has 0 spiro atoms. The number of ether oxygens (including phenoxy) is 2. The van der Waals surface area contributed by atoms with Crippen LogP contribution in [0, 0.1) is 0 Å². The SMILES string of the molecule is COc1ccc(Br)cc1C(=O)N/N=C/c1ccccc1OCc1ccccc1. The number of hydrogen-bond acceptors (Lipinski definition) is 4. The molecule has 0 aliphatic heterocycles. The largest absolute Gasteiger partial charge is 0.496 e. The molecular formula is C22H19BrN2O3. The third kappa shape index (κ3) is 5.20. The lowest BCUT2D eigenvalue weighted by Crippen LogP contribution is -2.18. The van der Waals surface area contributed by atoms with Crippen molar-refractivity contribution < 1.29 is 14.3 Å². The van der Waals surface area contributed by atoms with Gasteiger partial charge in [0.1, 0.15) is 18.1 Å². The van der Waals surface area contributed by atoms with E-state index in [-0.39, 0.29) is 5.91 Å². The Hall–Kier alpha value is -3.12. The first kappa shape index (κ1) is 19.6. The predicted octanol–water partition coefficient (Wildman–Crippen LogP) is 4.80. The summed E-state index contributed by atoms with van der Waals surface area (Å²) < 4.78 is 11.9. The molecule has 3 aromatic carbocycles. The molecule has 1 amide bonds. The highest BCUT2D eigenvalue weighted by molar-refractivity contribution is 9.10. The Kier molecular flexibility index (Phi) is 6.81. The van der Waals surface area contributed by atoms with E-state index in [4.69, 9.17) is 9.47 Å². The molecule has 0 aromatic heterocycles. The summed E-state index contributed by atoms with van der Waals surface area (Å²) in [6.45, 7) is 0.452. The van der Waals surface area contributed by atoms with Crippen LogP contribution in [-0.2, 0) is 6.61 Å². The Bertz CT molecular complexity index is 975. The van der Waals surface area contributed by atoms with Gasteiger partial charge in [-0.05, 0) is 35.9 Å². The third-order valence-electron chi connectivity index (χ3n) is 3.93. The Morgan fingerprint density at radius 3 is 2.57 bits per heavy atom. The smallest absolute Gasteiger partial charge is 0.275 e. The Morgan fingerprint density at radius 2 is 1.79 bits per heavy atom. The van der Waals surface area contributed by atoms with Gasteiger partial charge in [-0.2, -0.15) is 5.10 Å². The van der Waals surface area contributed by atoms with Crippen molar-refractivity contribution in [3.63, 3.8) is 0 Å². The highest BCUT2D eigenvalue weighted by Crippen LogP contribution is 2.23. The van der Waals surface area contributed by atoms with Crippen molar-refractivity contribution >= 4 is 28.1 Å². The van der Waals surface area contributed by atoms with Gasteiger partial charge in [0.25, 0.3) is 5.91 Å². The molecule has 0 heterocycles. The monoisotopic (exact) mass is 438 g/mol. The molecular weight excluding hydrogens is 420 g/mol. The van der Waals surface area contributed by atoms with Crippen molar-refractivity contribution in [3.05, 3.63) is 94.0 Å². The molecule has 142 valence electrons. The van der Waals surface area contributed by atoms with Gasteiger partial charge in [-0.15, -0.1) is 0 Å². The summed E-state index contributed by atoms with van der Waals surface area (Å²) >= 11 is 3.35. The number of carbonyl (C=O) groups is 1. The molecule has 0 radical (unpaired) electrons. The van der Waals surface area contributed by atoms with Gasteiger partial charge in [0, 0.05) is 10.0 Å². The van der Waals surface area contributed by atoms with Crippen LogP contribution in [0.4, 0.5) is 0 Å². The van der Waals surface area contributed by atoms with Gasteiger partial charge in [0.15, 0.2) is 0 Å². The maximum atomic E-state index is 12.4. The first-order valence-corrected chi connectivity index (χ1v) is 9.39. The van der Waals surface area contributed by atoms with Crippen molar-refractivity contribution in [2.75, 3.05) is 7.11 Å². The fraction of sp³-hybridized carbons (Fsp3) is 0.0909. The summed E-state index contributed by atoms with van der Waals surface area (Å²) in [4.78, 5) is 12.4. The fourth-order valence-electron chi connectivity index (χ4n) is 2.53. The van der Waals surface area contributed by atoms with Crippen LogP contribution in [0.3, 0.4) is 0 Å². The lowest BCUT2D eigenvalue weighted by molar-refractivity contribution is 0.0952. The Morgan fingerprint density at radius 1 is 1.04 bits per heavy atom. The van der Waals surface area contributed by atoms with Gasteiger partial charge >= 0.3 is 0 Å². The molecule has 0 saturated carbocycles. The molecule has 3 rings (SSSR count). The van der Waals surface area contributed by atoms with E-state index in [0.717, 1.165) is 15.6 Å². The lowest BCUT2D eigenvalue weighted by Gasteiger charge is -2.09. The Balaban J connectivity index is 1.68. The number of benzene rings is 3. The van der Waals surface area contributed by atoms with E-state index < -0.39 is 0 Å². The minimum atomic E-state index is -0.364. The summed E-state index contributed by atoms with van der Waals surface area (Å²) in [6, 6.07) is 22.6. The molecule has 0 fully saturated rings. The van der Waals surface area contributed by atoms with E-state index in [1.54, 1.807) is 24.4 Å². The molecule has 6 heteroatoms. The van der Waals surface area contributed by atoms with Crippen LogP contribution in [-0.4, -0.2) is 19.2 Å². The van der Waals surface area contributed by atoms with Crippen molar-refractivity contribution in [1.29, 1.82) is 0 Å². The number of methoxy groups -OCH3 is 1. The number of carbonyl (C=O) groups excluding carboxylic acids is 1. The van der Waals surface area contributed by atoms with Gasteiger partial charge < -0.3 is 9.47 Å². The molecule has 0 aliphatic carbocycles. The number of halogens is 1. The summed E-state index contributed by atoms with van der Waals surface area (Å²) in [5.74, 6) is 0.795. The highest BCUT2D eigenvalue weighted by Gasteiger charge is 2.12. The molecule has 1 N–H and O–H groups in total. The second-order valence-corrected chi connectivity index (χ2v) is 6.77. The number of hydrazone groups is 1. The maximum Gasteiger partial charge on any atom is 0.275 e. The topological polar surface area (TPSA) is 59.9 Å². The van der Waals surface area contributed by atoms with Gasteiger partial charge in [0.2, 0.25) is 0 Å². The number of hydrogen-bond donors (Lipinski definition) is 1. The van der Waals surface area contributed by atoms with Crippen LogP contribution < -0.4 is 14.9 Å². The summed E-state index contributed by atoms with van der Waals surface area (Å²) in [5, 5.41) is 4.06. The second-order valence-electron chi connectivity index (χ2n) is 5.86. The molecule has 0 bridgehead atoms. The average Bonchev–Trinajstić information content (AvgIpc) is 2.73. The summed E-state index contributed by atoms with van der Waals surface area (Å²) in [5.41, 5.74) is 4.75. The van der Waals surface area contributed by atoms with E-state index in [9.17, 15) is 4.79 Å². The third-order valence-corrected chi connectivity index (χ3v) is 4.43. The number of amides is 1. The molecule has 5 nitrogen and oxygen atoms in total. The zero-order valence-corrected chi connectivity index (χ0v) is 16.8. The molecule has 0 unspecified atom stereocenters. The predicted molar refractivity (Wildman–Crippen MR) is 113 cm³/mol. The maximum absolute atomic E-state index is 12.4. The number of rotatable bonds is 7. The number of nitrogens with zero attached hydrogens (tertiary/aromatic N) is 1. The molecule has 0 saturated heterocycles. The zero-order chi connectivity index (χ0) is 19.8. The van der Waals surface area contributed by atoms with Crippen LogP contribution in [0.25, 0.3) is 0 Å². The van der Waals surface area contributed by atoms with Gasteiger partial charge in [-0.1, -0.05) is 58.4 Å². The molecule has 0 atom stereocenters. The molecule has 28 heavy (non-hydrogen) atoms. The van der Waals surface area contributed by atoms with E-state index >= 15 is 0 Å². The van der Waals surface area contributed by atoms with Gasteiger partial charge in [0.05, 0.1) is 18.9 Å². The van der Waals surface area contributed by atoms with Crippen LogP contribution in [0.5, 0.6) is 11.5 Å². The lowest BCUT2D eigenvalue weighted by atomic mass is 10.2. The van der Waals surface area contributed by atoms with Gasteiger partial charge in [-0.25, -0.2) is 5.43 Å².